The first-order valence-electron chi connectivity index (χ1n) is 7.90. The highest BCUT2D eigenvalue weighted by Crippen LogP contribution is 2.19. The van der Waals surface area contributed by atoms with Gasteiger partial charge in [0.25, 0.3) is 0 Å². The van der Waals surface area contributed by atoms with E-state index < -0.39 is 10.0 Å². The molecule has 0 fully saturated rings. The number of benzene rings is 1. The Morgan fingerprint density at radius 3 is 2.22 bits per heavy atom. The van der Waals surface area contributed by atoms with Gasteiger partial charge in [-0.05, 0) is 31.7 Å². The van der Waals surface area contributed by atoms with Crippen molar-refractivity contribution in [1.29, 1.82) is 0 Å². The number of amides is 1. The second-order valence-corrected chi connectivity index (χ2v) is 7.24. The van der Waals surface area contributed by atoms with Crippen LogP contribution in [0, 0.1) is 0 Å². The molecule has 1 aromatic carbocycles. The molecule has 0 aliphatic heterocycles. The van der Waals surface area contributed by atoms with Gasteiger partial charge >= 0.3 is 0 Å². The van der Waals surface area contributed by atoms with Crippen LogP contribution in [0.15, 0.2) is 29.2 Å². The summed E-state index contributed by atoms with van der Waals surface area (Å²) in [5.74, 6) is -0.0355. The van der Waals surface area contributed by atoms with Gasteiger partial charge in [-0.1, -0.05) is 26.0 Å². The van der Waals surface area contributed by atoms with E-state index in [1.807, 2.05) is 20.8 Å². The summed E-state index contributed by atoms with van der Waals surface area (Å²) in [6.45, 7) is 7.03. The number of nitrogens with zero attached hydrogens (tertiary/aromatic N) is 1. The summed E-state index contributed by atoms with van der Waals surface area (Å²) < 4.78 is 26.3. The predicted molar refractivity (Wildman–Crippen MR) is 91.7 cm³/mol. The van der Waals surface area contributed by atoms with Gasteiger partial charge in [0.15, 0.2) is 0 Å². The van der Waals surface area contributed by atoms with Crippen LogP contribution in [-0.4, -0.2) is 45.3 Å². The lowest BCUT2D eigenvalue weighted by atomic mass is 10.1. The Morgan fingerprint density at radius 2 is 1.74 bits per heavy atom. The highest BCUT2D eigenvalue weighted by molar-refractivity contribution is 7.89. The van der Waals surface area contributed by atoms with Gasteiger partial charge in [0, 0.05) is 26.1 Å². The average Bonchev–Trinajstić information content (AvgIpc) is 2.53. The molecule has 1 amide bonds. The minimum atomic E-state index is -3.44. The molecule has 0 saturated carbocycles. The SMILES string of the molecule is CCN(CC)S(=O)(=O)c1ccc(C(C)NC(=O)CCNC)cc1. The molecule has 7 heteroatoms. The number of carbonyl (C=O) groups is 1. The first-order valence-corrected chi connectivity index (χ1v) is 9.34. The van der Waals surface area contributed by atoms with Gasteiger partial charge in [0.1, 0.15) is 0 Å². The van der Waals surface area contributed by atoms with Gasteiger partial charge in [-0.3, -0.25) is 4.79 Å². The summed E-state index contributed by atoms with van der Waals surface area (Å²) >= 11 is 0. The minimum absolute atomic E-state index is 0.0355. The fourth-order valence-corrected chi connectivity index (χ4v) is 3.73. The molecule has 130 valence electrons. The van der Waals surface area contributed by atoms with Gasteiger partial charge in [0.05, 0.1) is 10.9 Å². The largest absolute Gasteiger partial charge is 0.350 e. The van der Waals surface area contributed by atoms with Crippen LogP contribution in [0.1, 0.15) is 38.8 Å². The Kier molecular flexibility index (Phi) is 7.67. The molecule has 0 spiro atoms. The van der Waals surface area contributed by atoms with Gasteiger partial charge in [0.2, 0.25) is 15.9 Å². The van der Waals surface area contributed by atoms with E-state index in [9.17, 15) is 13.2 Å². The van der Waals surface area contributed by atoms with E-state index in [0.29, 0.717) is 26.1 Å². The smallest absolute Gasteiger partial charge is 0.243 e. The van der Waals surface area contributed by atoms with Crippen LogP contribution in [0.25, 0.3) is 0 Å². The van der Waals surface area contributed by atoms with Gasteiger partial charge < -0.3 is 10.6 Å². The topological polar surface area (TPSA) is 78.5 Å². The molecule has 0 aromatic heterocycles. The van der Waals surface area contributed by atoms with E-state index in [0.717, 1.165) is 5.56 Å². The standard InChI is InChI=1S/C16H27N3O3S/c1-5-19(6-2)23(21,22)15-9-7-14(8-10-15)13(3)18-16(20)11-12-17-4/h7-10,13,17H,5-6,11-12H2,1-4H3,(H,18,20). The molecule has 6 nitrogen and oxygen atoms in total. The van der Waals surface area contributed by atoms with Crippen LogP contribution in [0.4, 0.5) is 0 Å². The monoisotopic (exact) mass is 341 g/mol. The fourth-order valence-electron chi connectivity index (χ4n) is 2.28. The lowest BCUT2D eigenvalue weighted by Gasteiger charge is -2.19. The third kappa shape index (κ3) is 5.30. The molecule has 1 atom stereocenters. The molecule has 1 aromatic rings. The lowest BCUT2D eigenvalue weighted by Crippen LogP contribution is -2.31. The molecular weight excluding hydrogens is 314 g/mol. The van der Waals surface area contributed by atoms with Gasteiger partial charge in [-0.15, -0.1) is 0 Å². The van der Waals surface area contributed by atoms with E-state index in [4.69, 9.17) is 0 Å². The molecule has 0 aliphatic carbocycles. The molecule has 2 N–H and O–H groups in total. The van der Waals surface area contributed by atoms with E-state index in [1.165, 1.54) is 4.31 Å². The number of sulfonamides is 1. The van der Waals surface area contributed by atoms with E-state index >= 15 is 0 Å². The fraction of sp³-hybridized carbons (Fsp3) is 0.562. The molecule has 0 aliphatic rings. The summed E-state index contributed by atoms with van der Waals surface area (Å²) in [6, 6.07) is 6.53. The molecule has 0 heterocycles. The maximum Gasteiger partial charge on any atom is 0.243 e. The first-order chi connectivity index (χ1) is 10.9. The normalized spacial score (nSPS) is 13.1. The molecule has 23 heavy (non-hydrogen) atoms. The maximum atomic E-state index is 12.4. The zero-order chi connectivity index (χ0) is 17.5. The van der Waals surface area contributed by atoms with Gasteiger partial charge in [-0.25, -0.2) is 8.42 Å². The van der Waals surface area contributed by atoms with E-state index in [2.05, 4.69) is 10.6 Å². The van der Waals surface area contributed by atoms with Crippen LogP contribution in [0.5, 0.6) is 0 Å². The van der Waals surface area contributed by atoms with Crippen molar-refractivity contribution in [1.82, 2.24) is 14.9 Å². The first kappa shape index (κ1) is 19.6. The summed E-state index contributed by atoms with van der Waals surface area (Å²) in [7, 11) is -1.64. The molecule has 0 bridgehead atoms. The van der Waals surface area contributed by atoms with Crippen LogP contribution in [0.3, 0.4) is 0 Å². The van der Waals surface area contributed by atoms with Crippen LogP contribution in [-0.2, 0) is 14.8 Å². The summed E-state index contributed by atoms with van der Waals surface area (Å²) in [6.07, 6.45) is 0.412. The molecule has 1 unspecified atom stereocenters. The van der Waals surface area contributed by atoms with Crippen molar-refractivity contribution < 1.29 is 13.2 Å². The Labute approximate surface area is 139 Å². The summed E-state index contributed by atoms with van der Waals surface area (Å²) in [4.78, 5) is 12.0. The number of hydrogen-bond acceptors (Lipinski definition) is 4. The zero-order valence-electron chi connectivity index (χ0n) is 14.3. The third-order valence-corrected chi connectivity index (χ3v) is 5.77. The van der Waals surface area contributed by atoms with Crippen molar-refractivity contribution in [3.8, 4) is 0 Å². The quantitative estimate of drug-likeness (QED) is 0.713. The molecular formula is C16H27N3O3S. The molecule has 0 saturated heterocycles. The maximum absolute atomic E-state index is 12.4. The van der Waals surface area contributed by atoms with Crippen molar-refractivity contribution >= 4 is 15.9 Å². The Morgan fingerprint density at radius 1 is 1.17 bits per heavy atom. The predicted octanol–water partition coefficient (Wildman–Crippen LogP) is 1.50. The number of nitrogens with one attached hydrogen (secondary N) is 2. The van der Waals surface area contributed by atoms with Crippen LogP contribution < -0.4 is 10.6 Å². The number of hydrogen-bond donors (Lipinski definition) is 2. The van der Waals surface area contributed by atoms with Gasteiger partial charge in [-0.2, -0.15) is 4.31 Å². The van der Waals surface area contributed by atoms with Crippen LogP contribution in [0.2, 0.25) is 0 Å². The Bertz CT molecular complexity index is 596. The van der Waals surface area contributed by atoms with Crippen molar-refractivity contribution in [2.45, 2.75) is 38.1 Å². The zero-order valence-corrected chi connectivity index (χ0v) is 15.1. The minimum Gasteiger partial charge on any atom is -0.350 e. The Balaban J connectivity index is 2.82. The highest BCUT2D eigenvalue weighted by Gasteiger charge is 2.21. The second kappa shape index (κ2) is 9.00. The Hall–Kier alpha value is -1.44. The average molecular weight is 341 g/mol. The number of carbonyl (C=O) groups excluding carboxylic acids is 1. The van der Waals surface area contributed by atoms with Crippen LogP contribution >= 0.6 is 0 Å². The lowest BCUT2D eigenvalue weighted by molar-refractivity contribution is -0.121. The van der Waals surface area contributed by atoms with Crippen molar-refractivity contribution in [3.05, 3.63) is 29.8 Å². The van der Waals surface area contributed by atoms with Crippen molar-refractivity contribution in [2.75, 3.05) is 26.7 Å². The van der Waals surface area contributed by atoms with Crippen molar-refractivity contribution in [3.63, 3.8) is 0 Å². The summed E-state index contributed by atoms with van der Waals surface area (Å²) in [5, 5.41) is 5.82. The van der Waals surface area contributed by atoms with Crippen molar-refractivity contribution in [2.24, 2.45) is 0 Å². The third-order valence-electron chi connectivity index (χ3n) is 3.70. The second-order valence-electron chi connectivity index (χ2n) is 5.30. The summed E-state index contributed by atoms with van der Waals surface area (Å²) in [5.41, 5.74) is 0.876. The van der Waals surface area contributed by atoms with E-state index in [1.54, 1.807) is 31.3 Å². The molecule has 1 rings (SSSR count). The highest BCUT2D eigenvalue weighted by atomic mass is 32.2. The molecule has 0 radical (unpaired) electrons. The van der Waals surface area contributed by atoms with E-state index in [-0.39, 0.29) is 16.8 Å². The number of rotatable bonds is 9.